The van der Waals surface area contributed by atoms with Crippen molar-refractivity contribution in [1.29, 1.82) is 0 Å². The van der Waals surface area contributed by atoms with Gasteiger partial charge in [0.05, 0.1) is 11.7 Å². The van der Waals surface area contributed by atoms with Crippen LogP contribution in [0.4, 0.5) is 0 Å². The first kappa shape index (κ1) is 11.9. The molecule has 2 aliphatic rings. The van der Waals surface area contributed by atoms with E-state index in [-0.39, 0.29) is 11.7 Å². The van der Waals surface area contributed by atoms with E-state index >= 15 is 0 Å². The molecule has 0 aromatic heterocycles. The molecule has 0 aromatic rings. The van der Waals surface area contributed by atoms with Gasteiger partial charge in [0.15, 0.2) is 0 Å². The Labute approximate surface area is 98.6 Å². The predicted molar refractivity (Wildman–Crippen MR) is 64.9 cm³/mol. The van der Waals surface area contributed by atoms with Crippen molar-refractivity contribution in [2.45, 2.75) is 71.1 Å². The summed E-state index contributed by atoms with van der Waals surface area (Å²) >= 11 is 0. The zero-order valence-electron chi connectivity index (χ0n) is 10.9. The summed E-state index contributed by atoms with van der Waals surface area (Å²) in [6, 6.07) is 0.373. The molecule has 1 saturated carbocycles. The first-order valence-corrected chi connectivity index (χ1v) is 6.62. The number of hydrogen-bond donors (Lipinski definition) is 1. The molecular weight excluding hydrogens is 200 g/mol. The van der Waals surface area contributed by atoms with Crippen molar-refractivity contribution in [2.24, 2.45) is 5.92 Å². The van der Waals surface area contributed by atoms with Crippen molar-refractivity contribution in [1.82, 2.24) is 10.2 Å². The summed E-state index contributed by atoms with van der Waals surface area (Å²) in [5.41, 5.74) is -0.156. The van der Waals surface area contributed by atoms with Gasteiger partial charge < -0.3 is 4.90 Å². The van der Waals surface area contributed by atoms with Gasteiger partial charge in [-0.1, -0.05) is 27.2 Å². The second-order valence-corrected chi connectivity index (χ2v) is 5.77. The summed E-state index contributed by atoms with van der Waals surface area (Å²) < 4.78 is 0. The van der Waals surface area contributed by atoms with Crippen LogP contribution in [0.15, 0.2) is 0 Å². The largest absolute Gasteiger partial charge is 0.323 e. The molecule has 0 aromatic carbocycles. The molecule has 16 heavy (non-hydrogen) atoms. The van der Waals surface area contributed by atoms with Crippen LogP contribution in [-0.4, -0.2) is 28.6 Å². The minimum atomic E-state index is -0.156. The van der Waals surface area contributed by atoms with Gasteiger partial charge in [-0.25, -0.2) is 0 Å². The summed E-state index contributed by atoms with van der Waals surface area (Å²) in [7, 11) is 0. The van der Waals surface area contributed by atoms with Crippen molar-refractivity contribution in [3.05, 3.63) is 0 Å². The molecule has 3 nitrogen and oxygen atoms in total. The average Bonchev–Trinajstić information content (AvgIpc) is 2.91. The monoisotopic (exact) mass is 224 g/mol. The minimum Gasteiger partial charge on any atom is -0.323 e. The fourth-order valence-electron chi connectivity index (χ4n) is 2.79. The molecule has 2 atom stereocenters. The predicted octanol–water partition coefficient (Wildman–Crippen LogP) is 2.12. The zero-order valence-corrected chi connectivity index (χ0v) is 10.9. The first-order valence-electron chi connectivity index (χ1n) is 6.62. The number of rotatable bonds is 4. The van der Waals surface area contributed by atoms with Crippen LogP contribution in [0.3, 0.4) is 0 Å². The van der Waals surface area contributed by atoms with Crippen LogP contribution < -0.4 is 5.32 Å². The third kappa shape index (κ3) is 1.75. The molecule has 2 fully saturated rings. The van der Waals surface area contributed by atoms with Crippen molar-refractivity contribution in [2.75, 3.05) is 0 Å². The SMILES string of the molecule is CCCC(C)N1C(=O)C2(CC2)NC1C(C)C. The summed E-state index contributed by atoms with van der Waals surface area (Å²) in [5.74, 6) is 0.843. The summed E-state index contributed by atoms with van der Waals surface area (Å²) in [5, 5.41) is 3.56. The number of carbonyl (C=O) groups is 1. The molecule has 1 heterocycles. The Kier molecular flexibility index (Phi) is 2.99. The van der Waals surface area contributed by atoms with Gasteiger partial charge in [0.2, 0.25) is 5.91 Å². The van der Waals surface area contributed by atoms with Crippen LogP contribution in [-0.2, 0) is 4.79 Å². The highest BCUT2D eigenvalue weighted by atomic mass is 16.2. The van der Waals surface area contributed by atoms with Crippen molar-refractivity contribution >= 4 is 5.91 Å². The van der Waals surface area contributed by atoms with E-state index in [0.29, 0.717) is 17.9 Å². The van der Waals surface area contributed by atoms with E-state index in [1.807, 2.05) is 0 Å². The topological polar surface area (TPSA) is 32.3 Å². The molecule has 2 unspecified atom stereocenters. The van der Waals surface area contributed by atoms with Gasteiger partial charge in [0, 0.05) is 6.04 Å². The Hall–Kier alpha value is -0.570. The molecular formula is C13H24N2O. The lowest BCUT2D eigenvalue weighted by Gasteiger charge is -2.32. The van der Waals surface area contributed by atoms with E-state index in [1.165, 1.54) is 0 Å². The van der Waals surface area contributed by atoms with Crippen LogP contribution in [0, 0.1) is 5.92 Å². The average molecular weight is 224 g/mol. The van der Waals surface area contributed by atoms with Crippen LogP contribution in [0.1, 0.15) is 53.4 Å². The molecule has 0 bridgehead atoms. The smallest absolute Gasteiger partial charge is 0.244 e. The van der Waals surface area contributed by atoms with Gasteiger partial charge in [0.1, 0.15) is 0 Å². The van der Waals surface area contributed by atoms with Gasteiger partial charge in [-0.3, -0.25) is 10.1 Å². The summed E-state index contributed by atoms with van der Waals surface area (Å²) in [4.78, 5) is 14.5. The molecule has 1 N–H and O–H groups in total. The lowest BCUT2D eigenvalue weighted by atomic mass is 10.1. The van der Waals surface area contributed by atoms with E-state index in [0.717, 1.165) is 25.7 Å². The van der Waals surface area contributed by atoms with Crippen LogP contribution in [0.5, 0.6) is 0 Å². The Morgan fingerprint density at radius 1 is 1.44 bits per heavy atom. The number of carbonyl (C=O) groups excluding carboxylic acids is 1. The number of nitrogens with zero attached hydrogens (tertiary/aromatic N) is 1. The quantitative estimate of drug-likeness (QED) is 0.793. The molecule has 1 amide bonds. The third-order valence-corrected chi connectivity index (χ3v) is 3.93. The maximum absolute atomic E-state index is 12.4. The van der Waals surface area contributed by atoms with E-state index in [1.54, 1.807) is 0 Å². The fourth-order valence-corrected chi connectivity index (χ4v) is 2.79. The van der Waals surface area contributed by atoms with Crippen molar-refractivity contribution in [3.8, 4) is 0 Å². The normalized spacial score (nSPS) is 29.2. The van der Waals surface area contributed by atoms with E-state index in [2.05, 4.69) is 37.9 Å². The first-order chi connectivity index (χ1) is 7.52. The van der Waals surface area contributed by atoms with Gasteiger partial charge in [-0.05, 0) is 32.1 Å². The van der Waals surface area contributed by atoms with Crippen molar-refractivity contribution in [3.63, 3.8) is 0 Å². The Morgan fingerprint density at radius 2 is 2.06 bits per heavy atom. The molecule has 3 heteroatoms. The Morgan fingerprint density at radius 3 is 2.50 bits per heavy atom. The molecule has 1 aliphatic heterocycles. The second-order valence-electron chi connectivity index (χ2n) is 5.77. The van der Waals surface area contributed by atoms with Gasteiger partial charge in [-0.15, -0.1) is 0 Å². The van der Waals surface area contributed by atoms with Crippen molar-refractivity contribution < 1.29 is 4.79 Å². The number of nitrogens with one attached hydrogen (secondary N) is 1. The minimum absolute atomic E-state index is 0.156. The molecule has 92 valence electrons. The van der Waals surface area contributed by atoms with Crippen LogP contribution in [0.2, 0.25) is 0 Å². The standard InChI is InChI=1S/C13H24N2O/c1-5-6-10(4)15-11(9(2)3)14-13(7-8-13)12(15)16/h9-11,14H,5-8H2,1-4H3. The molecule has 2 rings (SSSR count). The van der Waals surface area contributed by atoms with Crippen LogP contribution in [0.25, 0.3) is 0 Å². The maximum atomic E-state index is 12.4. The molecule has 0 radical (unpaired) electrons. The highest BCUT2D eigenvalue weighted by Gasteiger charge is 2.60. The lowest BCUT2D eigenvalue weighted by Crippen LogP contribution is -2.46. The zero-order chi connectivity index (χ0) is 11.9. The second kappa shape index (κ2) is 4.02. The van der Waals surface area contributed by atoms with Gasteiger partial charge in [0.25, 0.3) is 0 Å². The van der Waals surface area contributed by atoms with Crippen LogP contribution >= 0.6 is 0 Å². The maximum Gasteiger partial charge on any atom is 0.244 e. The molecule has 1 spiro atoms. The van der Waals surface area contributed by atoms with Gasteiger partial charge >= 0.3 is 0 Å². The summed E-state index contributed by atoms with van der Waals surface area (Å²) in [6.45, 7) is 8.75. The number of hydrogen-bond acceptors (Lipinski definition) is 2. The Balaban J connectivity index is 2.15. The van der Waals surface area contributed by atoms with E-state index < -0.39 is 0 Å². The highest BCUT2D eigenvalue weighted by molar-refractivity contribution is 5.92. The lowest BCUT2D eigenvalue weighted by molar-refractivity contribution is -0.133. The number of amides is 1. The van der Waals surface area contributed by atoms with E-state index in [9.17, 15) is 4.79 Å². The highest BCUT2D eigenvalue weighted by Crippen LogP contribution is 2.44. The van der Waals surface area contributed by atoms with Gasteiger partial charge in [-0.2, -0.15) is 0 Å². The fraction of sp³-hybridized carbons (Fsp3) is 0.923. The molecule has 1 aliphatic carbocycles. The molecule has 1 saturated heterocycles. The Bertz CT molecular complexity index is 284. The van der Waals surface area contributed by atoms with E-state index in [4.69, 9.17) is 0 Å². The third-order valence-electron chi connectivity index (χ3n) is 3.93. The summed E-state index contributed by atoms with van der Waals surface area (Å²) in [6.07, 6.45) is 4.56.